The zero-order chi connectivity index (χ0) is 11.3. The molecule has 0 bridgehead atoms. The second-order valence-electron chi connectivity index (χ2n) is 3.96. The summed E-state index contributed by atoms with van der Waals surface area (Å²) in [6.07, 6.45) is 2.22. The molecule has 3 heteroatoms. The van der Waals surface area contributed by atoms with Gasteiger partial charge in [-0.25, -0.2) is 0 Å². The van der Waals surface area contributed by atoms with Crippen molar-refractivity contribution in [1.29, 1.82) is 0 Å². The molecule has 0 amide bonds. The van der Waals surface area contributed by atoms with Gasteiger partial charge in [-0.3, -0.25) is 0 Å². The smallest absolute Gasteiger partial charge is 0.137 e. The second kappa shape index (κ2) is 6.24. The predicted octanol–water partition coefficient (Wildman–Crippen LogP) is 4.81. The molecule has 0 aliphatic heterocycles. The second-order valence-corrected chi connectivity index (χ2v) is 4.80. The summed E-state index contributed by atoms with van der Waals surface area (Å²) in [4.78, 5) is 0. The topological polar surface area (TPSA) is 9.23 Å². The molecular formula is C12H16Cl2O. The molecule has 0 aromatic heterocycles. The number of halogens is 2. The third kappa shape index (κ3) is 4.76. The number of rotatable bonds is 5. The molecule has 1 rings (SSSR count). The van der Waals surface area contributed by atoms with Crippen LogP contribution >= 0.6 is 23.2 Å². The van der Waals surface area contributed by atoms with Gasteiger partial charge in [0.1, 0.15) is 5.75 Å². The summed E-state index contributed by atoms with van der Waals surface area (Å²) in [5.41, 5.74) is 0. The monoisotopic (exact) mass is 246 g/mol. The van der Waals surface area contributed by atoms with Crippen molar-refractivity contribution in [3.63, 3.8) is 0 Å². The van der Waals surface area contributed by atoms with Gasteiger partial charge in [0, 0.05) is 5.02 Å². The Labute approximate surface area is 101 Å². The van der Waals surface area contributed by atoms with Gasteiger partial charge in [0.05, 0.1) is 11.6 Å². The fraction of sp³-hybridized carbons (Fsp3) is 0.500. The molecule has 0 spiro atoms. The van der Waals surface area contributed by atoms with E-state index in [0.717, 1.165) is 6.42 Å². The van der Waals surface area contributed by atoms with E-state index >= 15 is 0 Å². The summed E-state index contributed by atoms with van der Waals surface area (Å²) in [5, 5.41) is 1.21. The van der Waals surface area contributed by atoms with Gasteiger partial charge in [-0.15, -0.1) is 0 Å². The molecule has 0 fully saturated rings. The first kappa shape index (κ1) is 12.7. The maximum absolute atomic E-state index is 5.96. The van der Waals surface area contributed by atoms with Gasteiger partial charge in [-0.05, 0) is 37.0 Å². The third-order valence-electron chi connectivity index (χ3n) is 2.08. The molecule has 84 valence electrons. The van der Waals surface area contributed by atoms with Crippen molar-refractivity contribution >= 4 is 23.2 Å². The molecule has 1 nitrogen and oxygen atoms in total. The SMILES string of the molecule is CC(C)CCCOc1ccc(Cl)cc1Cl. The molecule has 0 saturated carbocycles. The lowest BCUT2D eigenvalue weighted by molar-refractivity contribution is 0.298. The van der Waals surface area contributed by atoms with Gasteiger partial charge >= 0.3 is 0 Å². The first-order chi connectivity index (χ1) is 7.09. The zero-order valence-corrected chi connectivity index (χ0v) is 10.6. The minimum Gasteiger partial charge on any atom is -0.492 e. The van der Waals surface area contributed by atoms with E-state index < -0.39 is 0 Å². The lowest BCUT2D eigenvalue weighted by Crippen LogP contribution is -1.99. The number of ether oxygens (including phenoxy) is 1. The molecule has 0 heterocycles. The van der Waals surface area contributed by atoms with Crippen LogP contribution in [0.25, 0.3) is 0 Å². The lowest BCUT2D eigenvalue weighted by atomic mass is 10.1. The fourth-order valence-corrected chi connectivity index (χ4v) is 1.73. The first-order valence-corrected chi connectivity index (χ1v) is 5.93. The normalized spacial score (nSPS) is 10.7. The van der Waals surface area contributed by atoms with Crippen LogP contribution in [0.5, 0.6) is 5.75 Å². The van der Waals surface area contributed by atoms with Crippen molar-refractivity contribution < 1.29 is 4.74 Å². The molecule has 0 N–H and O–H groups in total. The van der Waals surface area contributed by atoms with E-state index in [1.165, 1.54) is 6.42 Å². The summed E-state index contributed by atoms with van der Waals surface area (Å²) in [6.45, 7) is 5.12. The van der Waals surface area contributed by atoms with Crippen molar-refractivity contribution in [1.82, 2.24) is 0 Å². The molecule has 0 aliphatic carbocycles. The van der Waals surface area contributed by atoms with Crippen molar-refractivity contribution in [3.8, 4) is 5.75 Å². The van der Waals surface area contributed by atoms with Crippen LogP contribution in [0.4, 0.5) is 0 Å². The van der Waals surface area contributed by atoms with E-state index in [4.69, 9.17) is 27.9 Å². The van der Waals surface area contributed by atoms with Crippen molar-refractivity contribution in [3.05, 3.63) is 28.2 Å². The van der Waals surface area contributed by atoms with Crippen molar-refractivity contribution in [2.45, 2.75) is 26.7 Å². The average molecular weight is 247 g/mol. The Morgan fingerprint density at radius 1 is 1.27 bits per heavy atom. The maximum atomic E-state index is 5.96. The molecule has 1 aromatic rings. The van der Waals surface area contributed by atoms with Crippen LogP contribution in [-0.4, -0.2) is 6.61 Å². The molecule has 0 aliphatic rings. The Morgan fingerprint density at radius 2 is 2.00 bits per heavy atom. The van der Waals surface area contributed by atoms with Gasteiger partial charge in [0.2, 0.25) is 0 Å². The summed E-state index contributed by atoms with van der Waals surface area (Å²) in [6, 6.07) is 5.28. The Balaban J connectivity index is 2.37. The molecule has 0 atom stereocenters. The molecule has 0 radical (unpaired) electrons. The highest BCUT2D eigenvalue weighted by Crippen LogP contribution is 2.27. The molecule has 1 aromatic carbocycles. The maximum Gasteiger partial charge on any atom is 0.137 e. The highest BCUT2D eigenvalue weighted by molar-refractivity contribution is 6.35. The van der Waals surface area contributed by atoms with Crippen LogP contribution in [0.1, 0.15) is 26.7 Å². The van der Waals surface area contributed by atoms with E-state index in [2.05, 4.69) is 13.8 Å². The van der Waals surface area contributed by atoms with Crippen LogP contribution in [0, 0.1) is 5.92 Å². The number of benzene rings is 1. The van der Waals surface area contributed by atoms with Gasteiger partial charge in [-0.1, -0.05) is 37.0 Å². The van der Waals surface area contributed by atoms with E-state index in [1.54, 1.807) is 18.2 Å². The summed E-state index contributed by atoms with van der Waals surface area (Å²) < 4.78 is 5.55. The van der Waals surface area contributed by atoms with E-state index in [1.807, 2.05) is 0 Å². The number of hydrogen-bond acceptors (Lipinski definition) is 1. The Bertz CT molecular complexity index is 310. The summed E-state index contributed by atoms with van der Waals surface area (Å²) in [7, 11) is 0. The van der Waals surface area contributed by atoms with Crippen molar-refractivity contribution in [2.75, 3.05) is 6.61 Å². The molecular weight excluding hydrogens is 231 g/mol. The van der Waals surface area contributed by atoms with Crippen LogP contribution in [0.15, 0.2) is 18.2 Å². The van der Waals surface area contributed by atoms with Crippen LogP contribution in [0.2, 0.25) is 10.0 Å². The molecule has 15 heavy (non-hydrogen) atoms. The third-order valence-corrected chi connectivity index (χ3v) is 2.61. The van der Waals surface area contributed by atoms with Crippen LogP contribution in [-0.2, 0) is 0 Å². The molecule has 0 unspecified atom stereocenters. The fourth-order valence-electron chi connectivity index (χ4n) is 1.27. The largest absolute Gasteiger partial charge is 0.492 e. The quantitative estimate of drug-likeness (QED) is 0.678. The Morgan fingerprint density at radius 3 is 2.60 bits per heavy atom. The van der Waals surface area contributed by atoms with E-state index in [9.17, 15) is 0 Å². The van der Waals surface area contributed by atoms with Gasteiger partial charge in [-0.2, -0.15) is 0 Å². The predicted molar refractivity (Wildman–Crippen MR) is 66.0 cm³/mol. The van der Waals surface area contributed by atoms with Crippen LogP contribution in [0.3, 0.4) is 0 Å². The summed E-state index contributed by atoms with van der Waals surface area (Å²) in [5.74, 6) is 1.43. The standard InChI is InChI=1S/C12H16Cl2O/c1-9(2)4-3-7-15-12-6-5-10(13)8-11(12)14/h5-6,8-9H,3-4,7H2,1-2H3. The van der Waals surface area contributed by atoms with Crippen LogP contribution < -0.4 is 4.74 Å². The van der Waals surface area contributed by atoms with E-state index in [-0.39, 0.29) is 0 Å². The Kier molecular flexibility index (Phi) is 5.27. The highest BCUT2D eigenvalue weighted by Gasteiger charge is 2.02. The minimum absolute atomic E-state index is 0.576. The Hall–Kier alpha value is -0.400. The van der Waals surface area contributed by atoms with Gasteiger partial charge in [0.15, 0.2) is 0 Å². The van der Waals surface area contributed by atoms with Crippen molar-refractivity contribution in [2.24, 2.45) is 5.92 Å². The lowest BCUT2D eigenvalue weighted by Gasteiger charge is -2.09. The average Bonchev–Trinajstić information content (AvgIpc) is 2.14. The summed E-state index contributed by atoms with van der Waals surface area (Å²) >= 11 is 11.7. The zero-order valence-electron chi connectivity index (χ0n) is 9.09. The number of hydrogen-bond donors (Lipinski definition) is 0. The highest BCUT2D eigenvalue weighted by atomic mass is 35.5. The van der Waals surface area contributed by atoms with Gasteiger partial charge in [0.25, 0.3) is 0 Å². The first-order valence-electron chi connectivity index (χ1n) is 5.17. The van der Waals surface area contributed by atoms with Gasteiger partial charge < -0.3 is 4.74 Å². The van der Waals surface area contributed by atoms with E-state index in [0.29, 0.717) is 28.3 Å². The molecule has 0 saturated heterocycles. The minimum atomic E-state index is 0.576.